The van der Waals surface area contributed by atoms with E-state index in [0.717, 1.165) is 17.9 Å². The third-order valence-electron chi connectivity index (χ3n) is 4.07. The Hall–Kier alpha value is -3.42. The summed E-state index contributed by atoms with van der Waals surface area (Å²) in [6.07, 6.45) is 5.17. The molecule has 3 heterocycles. The maximum atomic E-state index is 12.1. The van der Waals surface area contributed by atoms with E-state index >= 15 is 0 Å². The topological polar surface area (TPSA) is 79.2 Å². The molecule has 0 unspecified atom stereocenters. The van der Waals surface area contributed by atoms with E-state index in [1.807, 2.05) is 49.6 Å². The summed E-state index contributed by atoms with van der Waals surface area (Å²) in [7, 11) is 1.81. The average Bonchev–Trinajstić information content (AvgIpc) is 3.27. The first-order valence-electron chi connectivity index (χ1n) is 7.92. The van der Waals surface area contributed by atoms with Gasteiger partial charge in [-0.3, -0.25) is 9.47 Å². The Morgan fingerprint density at radius 2 is 2.04 bits per heavy atom. The number of amides is 2. The van der Waals surface area contributed by atoms with E-state index in [2.05, 4.69) is 20.5 Å². The van der Waals surface area contributed by atoms with E-state index in [9.17, 15) is 4.79 Å². The lowest BCUT2D eigenvalue weighted by Gasteiger charge is -2.17. The molecule has 0 atom stereocenters. The van der Waals surface area contributed by atoms with E-state index in [4.69, 9.17) is 0 Å². The van der Waals surface area contributed by atoms with E-state index in [1.165, 1.54) is 0 Å². The molecule has 2 amide bonds. The SMILES string of the molecule is CN1CCN(c2cccc(Nc3ccc(-n4ccnc4)nn3)c2)C1=O. The highest BCUT2D eigenvalue weighted by molar-refractivity contribution is 5.94. The molecular formula is C17H17N7O. The molecule has 1 aliphatic heterocycles. The summed E-state index contributed by atoms with van der Waals surface area (Å²) < 4.78 is 1.78. The first-order chi connectivity index (χ1) is 12.2. The summed E-state index contributed by atoms with van der Waals surface area (Å²) >= 11 is 0. The van der Waals surface area contributed by atoms with Crippen molar-refractivity contribution in [2.24, 2.45) is 0 Å². The first-order valence-corrected chi connectivity index (χ1v) is 7.92. The molecule has 3 aromatic rings. The van der Waals surface area contributed by atoms with Crippen molar-refractivity contribution >= 4 is 23.2 Å². The monoisotopic (exact) mass is 335 g/mol. The van der Waals surface area contributed by atoms with Crippen LogP contribution in [0.5, 0.6) is 0 Å². The Balaban J connectivity index is 1.51. The highest BCUT2D eigenvalue weighted by Gasteiger charge is 2.26. The molecule has 8 heteroatoms. The fourth-order valence-electron chi connectivity index (χ4n) is 2.71. The Morgan fingerprint density at radius 3 is 2.72 bits per heavy atom. The summed E-state index contributed by atoms with van der Waals surface area (Å²) in [5.41, 5.74) is 1.71. The third-order valence-corrected chi connectivity index (χ3v) is 4.07. The molecule has 1 saturated heterocycles. The number of likely N-dealkylation sites (N-methyl/N-ethyl adjacent to an activating group) is 1. The number of imidazole rings is 1. The predicted octanol–water partition coefficient (Wildman–Crippen LogP) is 2.28. The van der Waals surface area contributed by atoms with Gasteiger partial charge in [-0.2, -0.15) is 0 Å². The maximum absolute atomic E-state index is 12.1. The van der Waals surface area contributed by atoms with E-state index in [-0.39, 0.29) is 6.03 Å². The van der Waals surface area contributed by atoms with Crippen LogP contribution in [0.15, 0.2) is 55.1 Å². The van der Waals surface area contributed by atoms with Crippen molar-refractivity contribution in [1.29, 1.82) is 0 Å². The minimum atomic E-state index is 0.0154. The molecule has 0 spiro atoms. The second kappa shape index (κ2) is 6.23. The number of nitrogens with zero attached hydrogens (tertiary/aromatic N) is 6. The molecule has 25 heavy (non-hydrogen) atoms. The lowest BCUT2D eigenvalue weighted by molar-refractivity contribution is 0.229. The van der Waals surface area contributed by atoms with Gasteiger partial charge in [-0.1, -0.05) is 6.07 Å². The fourth-order valence-corrected chi connectivity index (χ4v) is 2.71. The minimum absolute atomic E-state index is 0.0154. The van der Waals surface area contributed by atoms with Crippen molar-refractivity contribution in [1.82, 2.24) is 24.6 Å². The number of hydrogen-bond donors (Lipinski definition) is 1. The van der Waals surface area contributed by atoms with Crippen LogP contribution in [0.25, 0.3) is 5.82 Å². The van der Waals surface area contributed by atoms with Gasteiger partial charge in [-0.25, -0.2) is 9.78 Å². The van der Waals surface area contributed by atoms with Crippen LogP contribution in [0.1, 0.15) is 0 Å². The molecule has 0 saturated carbocycles. The lowest BCUT2D eigenvalue weighted by atomic mass is 10.2. The lowest BCUT2D eigenvalue weighted by Crippen LogP contribution is -2.29. The summed E-state index contributed by atoms with van der Waals surface area (Å²) in [4.78, 5) is 19.6. The van der Waals surface area contributed by atoms with Crippen LogP contribution in [0, 0.1) is 0 Å². The molecule has 0 radical (unpaired) electrons. The molecule has 1 N–H and O–H groups in total. The summed E-state index contributed by atoms with van der Waals surface area (Å²) in [6.45, 7) is 1.43. The van der Waals surface area contributed by atoms with Crippen molar-refractivity contribution in [2.45, 2.75) is 0 Å². The molecular weight excluding hydrogens is 318 g/mol. The number of benzene rings is 1. The van der Waals surface area contributed by atoms with E-state index in [0.29, 0.717) is 18.2 Å². The van der Waals surface area contributed by atoms with Gasteiger partial charge < -0.3 is 10.2 Å². The Labute approximate surface area is 144 Å². The van der Waals surface area contributed by atoms with Crippen LogP contribution in [-0.2, 0) is 0 Å². The standard InChI is InChI=1S/C17H17N7O/c1-22-9-10-24(17(22)25)14-4-2-3-13(11-14)19-15-5-6-16(21-20-15)23-8-7-18-12-23/h2-8,11-12H,9-10H2,1H3,(H,19,20). The molecule has 126 valence electrons. The van der Waals surface area contributed by atoms with E-state index in [1.54, 1.807) is 26.9 Å². The smallest absolute Gasteiger partial charge is 0.324 e. The van der Waals surface area contributed by atoms with E-state index < -0.39 is 0 Å². The summed E-state index contributed by atoms with van der Waals surface area (Å²) in [5.74, 6) is 1.33. The summed E-state index contributed by atoms with van der Waals surface area (Å²) in [5, 5.41) is 11.6. The molecule has 2 aromatic heterocycles. The average molecular weight is 335 g/mol. The molecule has 8 nitrogen and oxygen atoms in total. The van der Waals surface area contributed by atoms with Crippen molar-refractivity contribution in [3.05, 3.63) is 55.1 Å². The van der Waals surface area contributed by atoms with Gasteiger partial charge in [0.2, 0.25) is 0 Å². The van der Waals surface area contributed by atoms with Gasteiger partial charge in [0.05, 0.1) is 0 Å². The largest absolute Gasteiger partial charge is 0.339 e. The molecule has 0 bridgehead atoms. The fraction of sp³-hybridized carbons (Fsp3) is 0.176. The molecule has 0 aliphatic carbocycles. The molecule has 1 fully saturated rings. The number of aromatic nitrogens is 4. The number of urea groups is 1. The maximum Gasteiger partial charge on any atom is 0.324 e. The van der Waals surface area contributed by atoms with Gasteiger partial charge in [0.1, 0.15) is 6.33 Å². The van der Waals surface area contributed by atoms with Crippen molar-refractivity contribution in [2.75, 3.05) is 30.4 Å². The highest BCUT2D eigenvalue weighted by Crippen LogP contribution is 2.24. The second-order valence-corrected chi connectivity index (χ2v) is 5.78. The number of nitrogens with one attached hydrogen (secondary N) is 1. The quantitative estimate of drug-likeness (QED) is 0.791. The predicted molar refractivity (Wildman–Crippen MR) is 94.3 cm³/mol. The van der Waals surface area contributed by atoms with Crippen molar-refractivity contribution in [3.8, 4) is 5.82 Å². The van der Waals surface area contributed by atoms with Gasteiger partial charge in [0, 0.05) is 43.9 Å². The van der Waals surface area contributed by atoms with Gasteiger partial charge >= 0.3 is 6.03 Å². The highest BCUT2D eigenvalue weighted by atomic mass is 16.2. The zero-order valence-electron chi connectivity index (χ0n) is 13.7. The van der Waals surface area contributed by atoms with Gasteiger partial charge in [-0.15, -0.1) is 10.2 Å². The number of carbonyl (C=O) groups is 1. The number of hydrogen-bond acceptors (Lipinski definition) is 5. The molecule has 1 aromatic carbocycles. The Morgan fingerprint density at radius 1 is 1.12 bits per heavy atom. The van der Waals surface area contributed by atoms with Gasteiger partial charge in [-0.05, 0) is 30.3 Å². The van der Waals surface area contributed by atoms with Crippen LogP contribution in [0.3, 0.4) is 0 Å². The number of anilines is 3. The zero-order valence-corrected chi connectivity index (χ0v) is 13.7. The second-order valence-electron chi connectivity index (χ2n) is 5.78. The Kier molecular flexibility index (Phi) is 3.77. The van der Waals surface area contributed by atoms with Gasteiger partial charge in [0.25, 0.3) is 0 Å². The molecule has 4 rings (SSSR count). The number of rotatable bonds is 4. The van der Waals surface area contributed by atoms with Crippen LogP contribution >= 0.6 is 0 Å². The van der Waals surface area contributed by atoms with Crippen LogP contribution in [0.2, 0.25) is 0 Å². The zero-order chi connectivity index (χ0) is 17.2. The normalized spacial score (nSPS) is 14.2. The first kappa shape index (κ1) is 15.1. The van der Waals surface area contributed by atoms with Crippen molar-refractivity contribution < 1.29 is 4.79 Å². The van der Waals surface area contributed by atoms with Crippen LogP contribution in [0.4, 0.5) is 22.0 Å². The minimum Gasteiger partial charge on any atom is -0.339 e. The van der Waals surface area contributed by atoms with Crippen molar-refractivity contribution in [3.63, 3.8) is 0 Å². The Bertz CT molecular complexity index is 876. The summed E-state index contributed by atoms with van der Waals surface area (Å²) in [6, 6.07) is 11.4. The number of carbonyl (C=O) groups excluding carboxylic acids is 1. The van der Waals surface area contributed by atoms with Crippen LogP contribution < -0.4 is 10.2 Å². The third kappa shape index (κ3) is 3.01. The molecule has 1 aliphatic rings. The van der Waals surface area contributed by atoms with Crippen LogP contribution in [-0.4, -0.2) is 50.8 Å². The van der Waals surface area contributed by atoms with Gasteiger partial charge in [0.15, 0.2) is 11.6 Å².